The molecule has 130 valence electrons. The molecular weight excluding hydrogens is 438 g/mol. The molecule has 3 heterocycles. The highest BCUT2D eigenvalue weighted by Crippen LogP contribution is 2.45. The number of anilines is 1. The Morgan fingerprint density at radius 3 is 2.96 bits per heavy atom. The molecule has 3 aromatic heterocycles. The first-order valence-electron chi connectivity index (χ1n) is 8.08. The molecule has 1 unspecified atom stereocenters. The molecule has 0 saturated heterocycles. The van der Waals surface area contributed by atoms with E-state index in [1.165, 1.54) is 9.75 Å². The highest BCUT2D eigenvalue weighted by Gasteiger charge is 2.27. The predicted molar refractivity (Wildman–Crippen MR) is 113 cm³/mol. The first kappa shape index (κ1) is 17.5. The molecule has 0 saturated carbocycles. The third kappa shape index (κ3) is 3.51. The van der Waals surface area contributed by atoms with Crippen molar-refractivity contribution < 1.29 is 0 Å². The highest BCUT2D eigenvalue weighted by molar-refractivity contribution is 9.10. The Kier molecular flexibility index (Phi) is 5.15. The van der Waals surface area contributed by atoms with E-state index in [9.17, 15) is 0 Å². The van der Waals surface area contributed by atoms with Crippen LogP contribution in [-0.4, -0.2) is 11.0 Å². The molecule has 0 aromatic carbocycles. The van der Waals surface area contributed by atoms with Gasteiger partial charge >= 0.3 is 0 Å². The standard InChI is InChI=1S/C18H17BrClN3S2/c19-15-16-18(25-17(15)11-5-1-2-6-12(11)21)13(8-14(20)23-16)22-9-10-4-3-7-24-10/h1-4,7-8,11-12H,5-6,9,21H2,(H,22,23)/t11-,12?/m0/s1. The molecule has 0 aliphatic heterocycles. The van der Waals surface area contributed by atoms with Crippen LogP contribution in [0.4, 0.5) is 5.69 Å². The average molecular weight is 455 g/mol. The Morgan fingerprint density at radius 1 is 1.36 bits per heavy atom. The molecule has 25 heavy (non-hydrogen) atoms. The summed E-state index contributed by atoms with van der Waals surface area (Å²) in [5.74, 6) is 0.322. The van der Waals surface area contributed by atoms with Gasteiger partial charge in [0.1, 0.15) is 5.15 Å². The molecule has 0 radical (unpaired) electrons. The van der Waals surface area contributed by atoms with Gasteiger partial charge in [0.15, 0.2) is 0 Å². The van der Waals surface area contributed by atoms with Gasteiger partial charge in [-0.2, -0.15) is 0 Å². The van der Waals surface area contributed by atoms with E-state index >= 15 is 0 Å². The third-order valence-electron chi connectivity index (χ3n) is 4.43. The smallest absolute Gasteiger partial charge is 0.131 e. The van der Waals surface area contributed by atoms with Gasteiger partial charge in [-0.05, 0) is 40.2 Å². The molecule has 3 aromatic rings. The predicted octanol–water partition coefficient (Wildman–Crippen LogP) is 6.15. The summed E-state index contributed by atoms with van der Waals surface area (Å²) in [4.78, 5) is 7.11. The molecule has 3 nitrogen and oxygen atoms in total. The number of nitrogens with zero attached hydrogens (tertiary/aromatic N) is 1. The number of hydrogen-bond acceptors (Lipinski definition) is 5. The Balaban J connectivity index is 1.73. The monoisotopic (exact) mass is 453 g/mol. The summed E-state index contributed by atoms with van der Waals surface area (Å²) in [5, 5.41) is 6.10. The van der Waals surface area contributed by atoms with E-state index < -0.39 is 0 Å². The zero-order valence-corrected chi connectivity index (χ0v) is 17.3. The van der Waals surface area contributed by atoms with Gasteiger partial charge in [0.05, 0.1) is 20.4 Å². The summed E-state index contributed by atoms with van der Waals surface area (Å²) >= 11 is 13.5. The van der Waals surface area contributed by atoms with Gasteiger partial charge in [-0.25, -0.2) is 4.98 Å². The fourth-order valence-electron chi connectivity index (χ4n) is 3.13. The molecule has 0 spiro atoms. The van der Waals surface area contributed by atoms with Crippen molar-refractivity contribution in [1.29, 1.82) is 0 Å². The van der Waals surface area contributed by atoms with Crippen molar-refractivity contribution >= 4 is 66.1 Å². The van der Waals surface area contributed by atoms with E-state index in [-0.39, 0.29) is 6.04 Å². The largest absolute Gasteiger partial charge is 0.379 e. The second-order valence-electron chi connectivity index (χ2n) is 6.10. The third-order valence-corrected chi connectivity index (χ3v) is 7.91. The van der Waals surface area contributed by atoms with Crippen LogP contribution < -0.4 is 11.1 Å². The van der Waals surface area contributed by atoms with E-state index in [4.69, 9.17) is 17.3 Å². The lowest BCUT2D eigenvalue weighted by Crippen LogP contribution is -2.29. The Hall–Kier alpha value is -0.920. The molecule has 7 heteroatoms. The number of thiophene rings is 2. The van der Waals surface area contributed by atoms with Crippen molar-refractivity contribution in [3.8, 4) is 0 Å². The molecule has 0 amide bonds. The Labute approximate surface area is 168 Å². The maximum absolute atomic E-state index is 6.37. The van der Waals surface area contributed by atoms with Crippen molar-refractivity contribution in [2.75, 3.05) is 5.32 Å². The number of hydrogen-bond donors (Lipinski definition) is 2. The van der Waals surface area contributed by atoms with E-state index in [1.807, 2.05) is 6.07 Å². The van der Waals surface area contributed by atoms with Crippen molar-refractivity contribution in [2.45, 2.75) is 31.3 Å². The number of fused-ring (bicyclic) bond motifs is 1. The lowest BCUT2D eigenvalue weighted by molar-refractivity contribution is 0.527. The summed E-state index contributed by atoms with van der Waals surface area (Å²) in [5.41, 5.74) is 8.31. The molecule has 2 atom stereocenters. The molecule has 0 bridgehead atoms. The maximum atomic E-state index is 6.37. The fourth-order valence-corrected chi connectivity index (χ4v) is 6.23. The van der Waals surface area contributed by atoms with Gasteiger partial charge < -0.3 is 11.1 Å². The van der Waals surface area contributed by atoms with Crippen LogP contribution in [0.3, 0.4) is 0 Å². The number of aromatic nitrogens is 1. The number of halogens is 2. The lowest BCUT2D eigenvalue weighted by atomic mass is 9.88. The molecule has 1 aliphatic rings. The number of nitrogens with one attached hydrogen (secondary N) is 1. The van der Waals surface area contributed by atoms with Crippen LogP contribution in [0.15, 0.2) is 40.2 Å². The first-order valence-corrected chi connectivity index (χ1v) is 11.0. The summed E-state index contributed by atoms with van der Waals surface area (Å²) in [6.07, 6.45) is 6.29. The molecular formula is C18H17BrClN3S2. The highest BCUT2D eigenvalue weighted by atomic mass is 79.9. The summed E-state index contributed by atoms with van der Waals surface area (Å²) in [6.45, 7) is 0.781. The summed E-state index contributed by atoms with van der Waals surface area (Å²) < 4.78 is 2.16. The van der Waals surface area contributed by atoms with Gasteiger partial charge in [-0.1, -0.05) is 29.8 Å². The van der Waals surface area contributed by atoms with Crippen LogP contribution in [0.5, 0.6) is 0 Å². The van der Waals surface area contributed by atoms with Gasteiger partial charge in [0, 0.05) is 34.3 Å². The van der Waals surface area contributed by atoms with Gasteiger partial charge in [0.2, 0.25) is 0 Å². The minimum Gasteiger partial charge on any atom is -0.379 e. The zero-order chi connectivity index (χ0) is 17.4. The Bertz CT molecular complexity index is 920. The normalized spacial score (nSPS) is 20.3. The topological polar surface area (TPSA) is 50.9 Å². The van der Waals surface area contributed by atoms with Crippen LogP contribution in [0.25, 0.3) is 10.2 Å². The van der Waals surface area contributed by atoms with Crippen molar-refractivity contribution in [1.82, 2.24) is 4.98 Å². The van der Waals surface area contributed by atoms with Gasteiger partial charge in [-0.15, -0.1) is 22.7 Å². The lowest BCUT2D eigenvalue weighted by Gasteiger charge is -2.24. The Morgan fingerprint density at radius 2 is 2.20 bits per heavy atom. The average Bonchev–Trinajstić information content (AvgIpc) is 3.22. The molecule has 4 rings (SSSR count). The molecule has 3 N–H and O–H groups in total. The maximum Gasteiger partial charge on any atom is 0.131 e. The number of rotatable bonds is 4. The van der Waals surface area contributed by atoms with Crippen LogP contribution in [0.1, 0.15) is 28.5 Å². The van der Waals surface area contributed by atoms with Crippen molar-refractivity contribution in [2.24, 2.45) is 5.73 Å². The fraction of sp³-hybridized carbons (Fsp3) is 0.278. The number of allylic oxidation sites excluding steroid dienone is 1. The van der Waals surface area contributed by atoms with E-state index in [2.05, 4.69) is 55.9 Å². The minimum atomic E-state index is 0.146. The van der Waals surface area contributed by atoms with Crippen LogP contribution in [0, 0.1) is 0 Å². The second kappa shape index (κ2) is 7.37. The van der Waals surface area contributed by atoms with Crippen LogP contribution in [-0.2, 0) is 6.54 Å². The summed E-state index contributed by atoms with van der Waals surface area (Å²) in [6, 6.07) is 6.24. The van der Waals surface area contributed by atoms with Gasteiger partial charge in [-0.3, -0.25) is 0 Å². The molecule has 0 fully saturated rings. The number of nitrogens with two attached hydrogens (primary N) is 1. The SMILES string of the molecule is NC1CC=CC[C@@H]1c1sc2c(NCc3cccs3)cc(Cl)nc2c1Br. The molecule has 1 aliphatic carbocycles. The quantitative estimate of drug-likeness (QED) is 0.367. The zero-order valence-electron chi connectivity index (χ0n) is 13.3. The van der Waals surface area contributed by atoms with E-state index in [0.29, 0.717) is 11.1 Å². The van der Waals surface area contributed by atoms with Crippen molar-refractivity contribution in [3.63, 3.8) is 0 Å². The van der Waals surface area contributed by atoms with Crippen LogP contribution in [0.2, 0.25) is 5.15 Å². The second-order valence-corrected chi connectivity index (χ2v) is 9.36. The van der Waals surface area contributed by atoms with Gasteiger partial charge in [0.25, 0.3) is 0 Å². The van der Waals surface area contributed by atoms with E-state index in [0.717, 1.165) is 39.8 Å². The minimum absolute atomic E-state index is 0.146. The van der Waals surface area contributed by atoms with Crippen LogP contribution >= 0.6 is 50.2 Å². The summed E-state index contributed by atoms with van der Waals surface area (Å²) in [7, 11) is 0. The first-order chi connectivity index (χ1) is 12.1. The van der Waals surface area contributed by atoms with E-state index in [1.54, 1.807) is 22.7 Å². The number of pyridine rings is 1. The van der Waals surface area contributed by atoms with Crippen molar-refractivity contribution in [3.05, 3.63) is 55.1 Å².